The Morgan fingerprint density at radius 1 is 1.19 bits per heavy atom. The molecule has 0 spiro atoms. The minimum atomic E-state index is -3.72. The first-order valence-electron chi connectivity index (χ1n) is 10.2. The Hall–Kier alpha value is -2.29. The van der Waals surface area contributed by atoms with Gasteiger partial charge in [0, 0.05) is 29.5 Å². The largest absolute Gasteiger partial charge is 0.378 e. The van der Waals surface area contributed by atoms with Crippen LogP contribution in [-0.2, 0) is 19.6 Å². The summed E-state index contributed by atoms with van der Waals surface area (Å²) in [7, 11) is -3.72. The molecule has 1 aliphatic rings. The smallest absolute Gasteiger partial charge is 0.248 e. The van der Waals surface area contributed by atoms with Gasteiger partial charge in [0.1, 0.15) is 6.04 Å². The van der Waals surface area contributed by atoms with Crippen molar-refractivity contribution in [2.75, 3.05) is 47.1 Å². The van der Waals surface area contributed by atoms with Gasteiger partial charge in [0.05, 0.1) is 25.2 Å². The van der Waals surface area contributed by atoms with E-state index in [0.717, 1.165) is 34.9 Å². The van der Waals surface area contributed by atoms with Crippen LogP contribution in [0.4, 0.5) is 17.1 Å². The molecule has 0 aliphatic carbocycles. The molecule has 1 fully saturated rings. The molecule has 1 aliphatic heterocycles. The van der Waals surface area contributed by atoms with Crippen LogP contribution in [0.1, 0.15) is 18.9 Å². The average molecular weight is 466 g/mol. The van der Waals surface area contributed by atoms with Gasteiger partial charge in [-0.15, -0.1) is 0 Å². The third-order valence-electron chi connectivity index (χ3n) is 5.25. The number of nitrogens with zero attached hydrogens (tertiary/aromatic N) is 2. The molecule has 1 N–H and O–H groups in total. The number of hydrogen-bond donors (Lipinski definition) is 1. The summed E-state index contributed by atoms with van der Waals surface area (Å²) in [6.07, 6.45) is 1.39. The molecule has 0 aromatic heterocycles. The zero-order chi connectivity index (χ0) is 22.6. The summed E-state index contributed by atoms with van der Waals surface area (Å²) in [5.74, 6) is -0.399. The summed E-state index contributed by atoms with van der Waals surface area (Å²) in [6, 6.07) is 11.6. The highest BCUT2D eigenvalue weighted by molar-refractivity contribution is 7.92. The van der Waals surface area contributed by atoms with Crippen molar-refractivity contribution < 1.29 is 17.9 Å². The van der Waals surface area contributed by atoms with Crippen molar-refractivity contribution in [1.29, 1.82) is 0 Å². The molecule has 1 amide bonds. The van der Waals surface area contributed by atoms with E-state index in [0.29, 0.717) is 36.0 Å². The first-order valence-corrected chi connectivity index (χ1v) is 12.4. The van der Waals surface area contributed by atoms with E-state index >= 15 is 0 Å². The topological polar surface area (TPSA) is 79.0 Å². The van der Waals surface area contributed by atoms with Gasteiger partial charge in [0.2, 0.25) is 15.9 Å². The van der Waals surface area contributed by atoms with Crippen LogP contribution in [0, 0.1) is 6.92 Å². The molecule has 0 bridgehead atoms. The second-order valence-electron chi connectivity index (χ2n) is 7.55. The number of sulfonamides is 1. The maximum Gasteiger partial charge on any atom is 0.248 e. The lowest BCUT2D eigenvalue weighted by Gasteiger charge is -2.30. The summed E-state index contributed by atoms with van der Waals surface area (Å²) in [5, 5.41) is 3.29. The van der Waals surface area contributed by atoms with Gasteiger partial charge >= 0.3 is 0 Å². The second kappa shape index (κ2) is 9.89. The number of carbonyl (C=O) groups excluding carboxylic acids is 1. The van der Waals surface area contributed by atoms with Gasteiger partial charge in [-0.05, 0) is 55.3 Å². The van der Waals surface area contributed by atoms with Gasteiger partial charge in [-0.25, -0.2) is 8.42 Å². The average Bonchev–Trinajstić information content (AvgIpc) is 2.74. The SMILES string of the molecule is CC[C@H](C(=O)Nc1ccc(N2CCOCC2)cc1)N(c1ccc(C)c(Cl)c1)S(C)(=O)=O. The second-order valence-corrected chi connectivity index (χ2v) is 9.82. The molecule has 9 heteroatoms. The summed E-state index contributed by atoms with van der Waals surface area (Å²) >= 11 is 6.21. The molecule has 0 saturated carbocycles. The maximum absolute atomic E-state index is 13.1. The predicted octanol–water partition coefficient (Wildman–Crippen LogP) is 3.67. The molecule has 2 aromatic carbocycles. The van der Waals surface area contributed by atoms with Crippen molar-refractivity contribution in [3.63, 3.8) is 0 Å². The lowest BCUT2D eigenvalue weighted by atomic mass is 10.1. The summed E-state index contributed by atoms with van der Waals surface area (Å²) in [5.41, 5.74) is 2.86. The van der Waals surface area contributed by atoms with Crippen LogP contribution in [0.2, 0.25) is 5.02 Å². The zero-order valence-corrected chi connectivity index (χ0v) is 19.5. The van der Waals surface area contributed by atoms with Gasteiger partial charge < -0.3 is 15.0 Å². The number of nitrogens with one attached hydrogen (secondary N) is 1. The summed E-state index contributed by atoms with van der Waals surface area (Å²) in [6.45, 7) is 6.65. The van der Waals surface area contributed by atoms with Crippen molar-refractivity contribution in [2.24, 2.45) is 0 Å². The molecule has 7 nitrogen and oxygen atoms in total. The molecule has 0 radical (unpaired) electrons. The number of hydrogen-bond acceptors (Lipinski definition) is 5. The third kappa shape index (κ3) is 5.70. The number of benzene rings is 2. The van der Waals surface area contributed by atoms with Gasteiger partial charge in [0.15, 0.2) is 0 Å². The molecule has 3 rings (SSSR count). The predicted molar refractivity (Wildman–Crippen MR) is 126 cm³/mol. The van der Waals surface area contributed by atoms with E-state index in [9.17, 15) is 13.2 Å². The fraction of sp³-hybridized carbons (Fsp3) is 0.409. The van der Waals surface area contributed by atoms with E-state index in [1.807, 2.05) is 31.2 Å². The van der Waals surface area contributed by atoms with Gasteiger partial charge in [-0.3, -0.25) is 9.10 Å². The molecule has 168 valence electrons. The van der Waals surface area contributed by atoms with Crippen LogP contribution >= 0.6 is 11.6 Å². The molecule has 1 heterocycles. The van der Waals surface area contributed by atoms with E-state index < -0.39 is 22.0 Å². The third-order valence-corrected chi connectivity index (χ3v) is 6.84. The Morgan fingerprint density at radius 2 is 1.84 bits per heavy atom. The van der Waals surface area contributed by atoms with Crippen LogP contribution in [0.5, 0.6) is 0 Å². The number of morpholine rings is 1. The van der Waals surface area contributed by atoms with E-state index in [1.165, 1.54) is 0 Å². The molecule has 31 heavy (non-hydrogen) atoms. The van der Waals surface area contributed by atoms with Crippen LogP contribution in [0.25, 0.3) is 0 Å². The highest BCUT2D eigenvalue weighted by Gasteiger charge is 2.31. The Balaban J connectivity index is 1.80. The lowest BCUT2D eigenvalue weighted by Crippen LogP contribution is -2.47. The normalized spacial score (nSPS) is 15.4. The van der Waals surface area contributed by atoms with Crippen molar-refractivity contribution in [2.45, 2.75) is 26.3 Å². The molecular weight excluding hydrogens is 438 g/mol. The van der Waals surface area contributed by atoms with Crippen molar-refractivity contribution in [3.8, 4) is 0 Å². The van der Waals surface area contributed by atoms with E-state index in [-0.39, 0.29) is 0 Å². The molecule has 0 unspecified atom stereocenters. The van der Waals surface area contributed by atoms with Crippen LogP contribution in [0.15, 0.2) is 42.5 Å². The number of carbonyl (C=O) groups is 1. The highest BCUT2D eigenvalue weighted by atomic mass is 35.5. The first kappa shape index (κ1) is 23.4. The first-order chi connectivity index (χ1) is 14.7. The van der Waals surface area contributed by atoms with Gasteiger partial charge in [0.25, 0.3) is 0 Å². The monoisotopic (exact) mass is 465 g/mol. The number of amides is 1. The highest BCUT2D eigenvalue weighted by Crippen LogP contribution is 2.28. The van der Waals surface area contributed by atoms with Crippen molar-refractivity contribution >= 4 is 44.6 Å². The number of ether oxygens (including phenoxy) is 1. The molecule has 1 saturated heterocycles. The zero-order valence-electron chi connectivity index (χ0n) is 18.0. The number of aryl methyl sites for hydroxylation is 1. The Morgan fingerprint density at radius 3 is 2.39 bits per heavy atom. The van der Waals surface area contributed by atoms with E-state index in [2.05, 4.69) is 10.2 Å². The number of anilines is 3. The Kier molecular flexibility index (Phi) is 7.46. The quantitative estimate of drug-likeness (QED) is 0.675. The van der Waals surface area contributed by atoms with Crippen molar-refractivity contribution in [1.82, 2.24) is 0 Å². The van der Waals surface area contributed by atoms with Gasteiger partial charge in [-0.1, -0.05) is 24.6 Å². The number of rotatable bonds is 7. The fourth-order valence-electron chi connectivity index (χ4n) is 3.58. The molecule has 2 aromatic rings. The Bertz CT molecular complexity index is 1020. The van der Waals surface area contributed by atoms with Gasteiger partial charge in [-0.2, -0.15) is 0 Å². The summed E-state index contributed by atoms with van der Waals surface area (Å²) < 4.78 is 31.7. The van der Waals surface area contributed by atoms with E-state index in [1.54, 1.807) is 25.1 Å². The van der Waals surface area contributed by atoms with Crippen LogP contribution in [-0.4, -0.2) is 52.9 Å². The minimum Gasteiger partial charge on any atom is -0.378 e. The summed E-state index contributed by atoms with van der Waals surface area (Å²) in [4.78, 5) is 15.3. The Labute approximate surface area is 189 Å². The maximum atomic E-state index is 13.1. The van der Waals surface area contributed by atoms with Crippen molar-refractivity contribution in [3.05, 3.63) is 53.1 Å². The number of halogens is 1. The standard InChI is InChI=1S/C22H28ClN3O4S/c1-4-21(26(31(3,28)29)19-8-5-16(2)20(23)15-19)22(27)24-17-6-9-18(10-7-17)25-11-13-30-14-12-25/h5-10,15,21H,4,11-14H2,1-3H3,(H,24,27)/t21-/m1/s1. The molecular formula is C22H28ClN3O4S. The lowest BCUT2D eigenvalue weighted by molar-refractivity contribution is -0.117. The molecule has 1 atom stereocenters. The van der Waals surface area contributed by atoms with E-state index in [4.69, 9.17) is 16.3 Å². The van der Waals surface area contributed by atoms with Crippen LogP contribution in [0.3, 0.4) is 0 Å². The minimum absolute atomic E-state index is 0.302. The fourth-order valence-corrected chi connectivity index (χ4v) is 4.96. The van der Waals surface area contributed by atoms with Crippen LogP contribution < -0.4 is 14.5 Å².